The summed E-state index contributed by atoms with van der Waals surface area (Å²) in [6.45, 7) is 7.25. The lowest BCUT2D eigenvalue weighted by Gasteiger charge is -2.39. The van der Waals surface area contributed by atoms with Crippen molar-refractivity contribution < 1.29 is 0 Å². The van der Waals surface area contributed by atoms with E-state index in [0.717, 1.165) is 32.7 Å². The molecule has 1 atom stereocenters. The summed E-state index contributed by atoms with van der Waals surface area (Å²) >= 11 is 0. The van der Waals surface area contributed by atoms with E-state index in [1.165, 1.54) is 22.2 Å². The van der Waals surface area contributed by atoms with Gasteiger partial charge in [-0.25, -0.2) is 0 Å². The number of aryl methyl sites for hydroxylation is 2. The number of nitrogens with zero attached hydrogens (tertiary/aromatic N) is 3. The second-order valence-corrected chi connectivity index (χ2v) is 6.27. The lowest BCUT2D eigenvalue weighted by atomic mass is 10.1. The summed E-state index contributed by atoms with van der Waals surface area (Å²) in [6.07, 6.45) is 0. The van der Waals surface area contributed by atoms with Crippen LogP contribution in [-0.2, 0) is 13.6 Å². The summed E-state index contributed by atoms with van der Waals surface area (Å²) in [5.74, 6) is 0. The van der Waals surface area contributed by atoms with Crippen molar-refractivity contribution >= 4 is 10.9 Å². The number of hydrogen-bond donors (Lipinski definition) is 1. The third kappa shape index (κ3) is 2.59. The molecule has 1 aromatic heterocycles. The van der Waals surface area contributed by atoms with E-state index >= 15 is 0 Å². The molecule has 1 aliphatic rings. The molecule has 2 heterocycles. The van der Waals surface area contributed by atoms with E-state index in [2.05, 4.69) is 59.7 Å². The lowest BCUT2D eigenvalue weighted by Crippen LogP contribution is -2.54. The molecular weight excluding hydrogens is 260 g/mol. The average Bonchev–Trinajstić information content (AvgIpc) is 2.74. The van der Waals surface area contributed by atoms with Crippen LogP contribution in [0.5, 0.6) is 0 Å². The minimum Gasteiger partial charge on any atom is -0.346 e. The number of hydrogen-bond acceptors (Lipinski definition) is 3. The molecule has 21 heavy (non-hydrogen) atoms. The number of likely N-dealkylation sites (N-methyl/N-ethyl adjacent to an activating group) is 1. The average molecular weight is 286 g/mol. The van der Waals surface area contributed by atoms with Gasteiger partial charge in [0.15, 0.2) is 0 Å². The predicted octanol–water partition coefficient (Wildman–Crippen LogP) is 1.56. The Morgan fingerprint density at radius 1 is 1.19 bits per heavy atom. The monoisotopic (exact) mass is 286 g/mol. The van der Waals surface area contributed by atoms with E-state index in [4.69, 9.17) is 5.73 Å². The second kappa shape index (κ2) is 5.79. The molecule has 1 aromatic carbocycles. The van der Waals surface area contributed by atoms with Crippen LogP contribution < -0.4 is 5.73 Å². The Bertz CT molecular complexity index is 592. The number of piperazine rings is 1. The highest BCUT2D eigenvalue weighted by Crippen LogP contribution is 2.26. The number of aromatic nitrogens is 1. The molecule has 114 valence electrons. The Balaban J connectivity index is 1.91. The number of rotatable bonds is 3. The molecule has 1 saturated heterocycles. The molecule has 0 amide bonds. The van der Waals surface area contributed by atoms with Crippen LogP contribution in [-0.4, -0.2) is 53.6 Å². The molecule has 0 radical (unpaired) electrons. The minimum absolute atomic E-state index is 0.459. The molecule has 1 aliphatic heterocycles. The number of para-hydroxylation sites is 1. The molecule has 2 N–H and O–H groups in total. The van der Waals surface area contributed by atoms with Gasteiger partial charge in [0.05, 0.1) is 0 Å². The largest absolute Gasteiger partial charge is 0.346 e. The van der Waals surface area contributed by atoms with Crippen LogP contribution >= 0.6 is 0 Å². The lowest BCUT2D eigenvalue weighted by molar-refractivity contribution is 0.0862. The van der Waals surface area contributed by atoms with Crippen molar-refractivity contribution in [3.8, 4) is 0 Å². The number of nitrogens with two attached hydrogens (primary N) is 1. The number of benzene rings is 1. The van der Waals surface area contributed by atoms with Crippen molar-refractivity contribution in [2.75, 3.05) is 33.2 Å². The van der Waals surface area contributed by atoms with Crippen molar-refractivity contribution in [1.29, 1.82) is 0 Å². The Morgan fingerprint density at radius 2 is 1.95 bits per heavy atom. The molecule has 1 unspecified atom stereocenters. The summed E-state index contributed by atoms with van der Waals surface area (Å²) in [5, 5.41) is 1.37. The van der Waals surface area contributed by atoms with E-state index in [9.17, 15) is 0 Å². The Kier molecular flexibility index (Phi) is 4.02. The fraction of sp³-hybridized carbons (Fsp3) is 0.529. The number of fused-ring (bicyclic) bond motifs is 1. The van der Waals surface area contributed by atoms with E-state index in [1.54, 1.807) is 0 Å². The van der Waals surface area contributed by atoms with Crippen LogP contribution in [0.2, 0.25) is 0 Å². The minimum atomic E-state index is 0.459. The van der Waals surface area contributed by atoms with Gasteiger partial charge in [-0.1, -0.05) is 18.2 Å². The van der Waals surface area contributed by atoms with E-state index < -0.39 is 0 Å². The summed E-state index contributed by atoms with van der Waals surface area (Å²) in [5.41, 5.74) is 10.1. The highest BCUT2D eigenvalue weighted by atomic mass is 15.3. The van der Waals surface area contributed by atoms with Gasteiger partial charge in [-0.15, -0.1) is 0 Å². The van der Waals surface area contributed by atoms with Gasteiger partial charge in [-0.2, -0.15) is 0 Å². The van der Waals surface area contributed by atoms with Gasteiger partial charge < -0.3 is 15.2 Å². The van der Waals surface area contributed by atoms with Gasteiger partial charge in [0.1, 0.15) is 0 Å². The standard InChI is InChI=1S/C17H26N4/c1-13-15-6-4-5-7-16(15)20(3)17(13)12-21-9-8-19(2)11-14(21)10-18/h4-7,14H,8-12,18H2,1-3H3. The fourth-order valence-corrected chi connectivity index (χ4v) is 3.53. The van der Waals surface area contributed by atoms with Crippen LogP contribution in [0.4, 0.5) is 0 Å². The molecule has 1 fully saturated rings. The Morgan fingerprint density at radius 3 is 2.67 bits per heavy atom. The van der Waals surface area contributed by atoms with Crippen LogP contribution in [0.1, 0.15) is 11.3 Å². The van der Waals surface area contributed by atoms with Crippen molar-refractivity contribution in [2.45, 2.75) is 19.5 Å². The molecule has 2 aromatic rings. The van der Waals surface area contributed by atoms with Gasteiger partial charge in [-0.3, -0.25) is 4.90 Å². The van der Waals surface area contributed by atoms with Crippen LogP contribution in [0.25, 0.3) is 10.9 Å². The zero-order chi connectivity index (χ0) is 15.0. The first-order chi connectivity index (χ1) is 10.1. The SMILES string of the molecule is Cc1c(CN2CCN(C)CC2CN)n(C)c2ccccc12. The quantitative estimate of drug-likeness (QED) is 0.930. The third-order valence-corrected chi connectivity index (χ3v) is 4.94. The Labute approximate surface area is 127 Å². The molecule has 0 spiro atoms. The first kappa shape index (κ1) is 14.6. The van der Waals surface area contributed by atoms with E-state index in [0.29, 0.717) is 6.04 Å². The first-order valence-corrected chi connectivity index (χ1v) is 7.77. The topological polar surface area (TPSA) is 37.4 Å². The molecule has 0 saturated carbocycles. The molecule has 0 aliphatic carbocycles. The zero-order valence-corrected chi connectivity index (χ0v) is 13.3. The van der Waals surface area contributed by atoms with Crippen molar-refractivity contribution in [3.63, 3.8) is 0 Å². The van der Waals surface area contributed by atoms with Crippen LogP contribution in [0.3, 0.4) is 0 Å². The van der Waals surface area contributed by atoms with E-state index in [-0.39, 0.29) is 0 Å². The van der Waals surface area contributed by atoms with E-state index in [1.807, 2.05) is 0 Å². The maximum Gasteiger partial charge on any atom is 0.0483 e. The van der Waals surface area contributed by atoms with Gasteiger partial charge >= 0.3 is 0 Å². The van der Waals surface area contributed by atoms with Crippen molar-refractivity contribution in [3.05, 3.63) is 35.5 Å². The third-order valence-electron chi connectivity index (χ3n) is 4.94. The first-order valence-electron chi connectivity index (χ1n) is 7.77. The highest BCUT2D eigenvalue weighted by Gasteiger charge is 2.25. The summed E-state index contributed by atoms with van der Waals surface area (Å²) in [7, 11) is 4.36. The molecule has 3 rings (SSSR count). The highest BCUT2D eigenvalue weighted by molar-refractivity contribution is 5.85. The van der Waals surface area contributed by atoms with Gasteiger partial charge in [0.25, 0.3) is 0 Å². The maximum atomic E-state index is 5.99. The molecule has 4 heteroatoms. The van der Waals surface area contributed by atoms with Crippen molar-refractivity contribution in [2.24, 2.45) is 12.8 Å². The zero-order valence-electron chi connectivity index (χ0n) is 13.3. The Hall–Kier alpha value is -1.36. The normalized spacial score (nSPS) is 21.2. The summed E-state index contributed by atoms with van der Waals surface area (Å²) in [4.78, 5) is 4.92. The molecule has 0 bridgehead atoms. The van der Waals surface area contributed by atoms with Gasteiger partial charge in [0, 0.05) is 62.4 Å². The van der Waals surface area contributed by atoms with Crippen LogP contribution in [0.15, 0.2) is 24.3 Å². The van der Waals surface area contributed by atoms with Crippen molar-refractivity contribution in [1.82, 2.24) is 14.4 Å². The summed E-state index contributed by atoms with van der Waals surface area (Å²) < 4.78 is 2.34. The smallest absolute Gasteiger partial charge is 0.0483 e. The fourth-order valence-electron chi connectivity index (χ4n) is 3.53. The summed E-state index contributed by atoms with van der Waals surface area (Å²) in [6, 6.07) is 9.12. The maximum absolute atomic E-state index is 5.99. The molecule has 4 nitrogen and oxygen atoms in total. The van der Waals surface area contributed by atoms with Gasteiger partial charge in [-0.05, 0) is 25.6 Å². The molecular formula is C17H26N4. The predicted molar refractivity (Wildman–Crippen MR) is 88.4 cm³/mol. The second-order valence-electron chi connectivity index (χ2n) is 6.27. The van der Waals surface area contributed by atoms with Gasteiger partial charge in [0.2, 0.25) is 0 Å². The van der Waals surface area contributed by atoms with Crippen LogP contribution in [0, 0.1) is 6.92 Å².